The summed E-state index contributed by atoms with van der Waals surface area (Å²) in [6.07, 6.45) is -4.00. The van der Waals surface area contributed by atoms with E-state index in [1.165, 1.54) is 12.1 Å². The van der Waals surface area contributed by atoms with Crippen LogP contribution in [0.15, 0.2) is 42.5 Å². The number of hydrogen-bond donors (Lipinski definition) is 1. The van der Waals surface area contributed by atoms with Crippen LogP contribution in [0.5, 0.6) is 5.75 Å². The Kier molecular flexibility index (Phi) is 7.55. The Hall–Kier alpha value is -3.02. The SMILES string of the molecule is CN1CCN(CCOc2ccc(C#Cc3ccc(NC=O)cc3)c(C(F)(F)F)c2)CC1. The highest BCUT2D eigenvalue weighted by atomic mass is 19.4. The van der Waals surface area contributed by atoms with Crippen molar-refractivity contribution in [1.82, 2.24) is 9.80 Å². The molecule has 1 N–H and O–H groups in total. The Bertz CT molecular complexity index is 941. The van der Waals surface area contributed by atoms with E-state index in [0.29, 0.717) is 30.8 Å². The maximum atomic E-state index is 13.6. The minimum atomic E-state index is -4.54. The van der Waals surface area contributed by atoms with Gasteiger partial charge in [0.15, 0.2) is 0 Å². The van der Waals surface area contributed by atoms with Crippen LogP contribution >= 0.6 is 0 Å². The Morgan fingerprint density at radius 2 is 1.77 bits per heavy atom. The van der Waals surface area contributed by atoms with Gasteiger partial charge in [-0.05, 0) is 49.5 Å². The van der Waals surface area contributed by atoms with Crippen molar-refractivity contribution < 1.29 is 22.7 Å². The summed E-state index contributed by atoms with van der Waals surface area (Å²) in [5.41, 5.74) is 0.178. The second-order valence-corrected chi connectivity index (χ2v) is 7.29. The van der Waals surface area contributed by atoms with E-state index < -0.39 is 11.7 Å². The third-order valence-electron chi connectivity index (χ3n) is 5.02. The fourth-order valence-electron chi connectivity index (χ4n) is 3.18. The third kappa shape index (κ3) is 6.74. The van der Waals surface area contributed by atoms with Gasteiger partial charge in [0.05, 0.1) is 5.56 Å². The lowest BCUT2D eigenvalue weighted by molar-refractivity contribution is -0.137. The monoisotopic (exact) mass is 431 g/mol. The molecule has 164 valence electrons. The molecule has 8 heteroatoms. The number of benzene rings is 2. The summed E-state index contributed by atoms with van der Waals surface area (Å²) >= 11 is 0. The van der Waals surface area contributed by atoms with E-state index in [-0.39, 0.29) is 11.3 Å². The second kappa shape index (κ2) is 10.3. The predicted octanol–water partition coefficient (Wildman–Crippen LogP) is 3.30. The van der Waals surface area contributed by atoms with Crippen LogP contribution in [-0.4, -0.2) is 62.6 Å². The second-order valence-electron chi connectivity index (χ2n) is 7.29. The van der Waals surface area contributed by atoms with Crippen molar-refractivity contribution >= 4 is 12.1 Å². The van der Waals surface area contributed by atoms with Crippen molar-refractivity contribution in [3.05, 3.63) is 59.2 Å². The normalized spacial score (nSPS) is 15.1. The van der Waals surface area contributed by atoms with Crippen LogP contribution in [0.3, 0.4) is 0 Å². The average Bonchev–Trinajstić information content (AvgIpc) is 2.75. The zero-order valence-corrected chi connectivity index (χ0v) is 17.2. The van der Waals surface area contributed by atoms with Crippen molar-refractivity contribution in [1.29, 1.82) is 0 Å². The van der Waals surface area contributed by atoms with Gasteiger partial charge in [-0.2, -0.15) is 13.2 Å². The van der Waals surface area contributed by atoms with Crippen LogP contribution < -0.4 is 10.1 Å². The van der Waals surface area contributed by atoms with E-state index >= 15 is 0 Å². The predicted molar refractivity (Wildman–Crippen MR) is 113 cm³/mol. The number of nitrogens with one attached hydrogen (secondary N) is 1. The summed E-state index contributed by atoms with van der Waals surface area (Å²) < 4.78 is 46.3. The molecule has 1 amide bonds. The number of carbonyl (C=O) groups excluding carboxylic acids is 1. The van der Waals surface area contributed by atoms with Gasteiger partial charge in [0, 0.05) is 49.5 Å². The lowest BCUT2D eigenvalue weighted by Gasteiger charge is -2.32. The molecule has 0 saturated carbocycles. The van der Waals surface area contributed by atoms with Gasteiger partial charge in [-0.25, -0.2) is 0 Å². The summed E-state index contributed by atoms with van der Waals surface area (Å²) in [5.74, 6) is 5.51. The summed E-state index contributed by atoms with van der Waals surface area (Å²) in [6.45, 7) is 4.80. The molecule has 2 aromatic rings. The minimum Gasteiger partial charge on any atom is -0.492 e. The average molecular weight is 431 g/mol. The van der Waals surface area contributed by atoms with Crippen LogP contribution in [0, 0.1) is 11.8 Å². The lowest BCUT2D eigenvalue weighted by Crippen LogP contribution is -2.45. The van der Waals surface area contributed by atoms with Crippen LogP contribution in [0.4, 0.5) is 18.9 Å². The van der Waals surface area contributed by atoms with Crippen LogP contribution in [0.1, 0.15) is 16.7 Å². The van der Waals surface area contributed by atoms with E-state index in [2.05, 4.69) is 34.0 Å². The van der Waals surface area contributed by atoms with Crippen LogP contribution in [0.2, 0.25) is 0 Å². The number of amides is 1. The highest BCUT2D eigenvalue weighted by molar-refractivity contribution is 5.71. The molecule has 0 radical (unpaired) electrons. The molecule has 0 unspecified atom stereocenters. The van der Waals surface area contributed by atoms with Crippen molar-refractivity contribution in [3.8, 4) is 17.6 Å². The maximum absolute atomic E-state index is 13.6. The molecule has 1 aliphatic rings. The van der Waals surface area contributed by atoms with Gasteiger partial charge >= 0.3 is 6.18 Å². The fourth-order valence-corrected chi connectivity index (χ4v) is 3.18. The molecule has 0 aromatic heterocycles. The molecule has 31 heavy (non-hydrogen) atoms. The summed E-state index contributed by atoms with van der Waals surface area (Å²) in [6, 6.07) is 10.4. The van der Waals surface area contributed by atoms with Gasteiger partial charge < -0.3 is 15.0 Å². The zero-order chi connectivity index (χ0) is 22.3. The molecule has 1 fully saturated rings. The molecule has 5 nitrogen and oxygen atoms in total. The molecule has 0 bridgehead atoms. The number of alkyl halides is 3. The first kappa shape index (κ1) is 22.7. The van der Waals surface area contributed by atoms with E-state index in [1.54, 1.807) is 24.3 Å². The molecule has 0 aliphatic carbocycles. The van der Waals surface area contributed by atoms with Crippen molar-refractivity contribution in [3.63, 3.8) is 0 Å². The van der Waals surface area contributed by atoms with Crippen LogP contribution in [0.25, 0.3) is 0 Å². The fraction of sp³-hybridized carbons (Fsp3) is 0.348. The van der Waals surface area contributed by atoms with Gasteiger partial charge in [0.1, 0.15) is 12.4 Å². The molecule has 1 saturated heterocycles. The zero-order valence-electron chi connectivity index (χ0n) is 17.2. The van der Waals surface area contributed by atoms with Gasteiger partial charge in [0.2, 0.25) is 6.41 Å². The smallest absolute Gasteiger partial charge is 0.417 e. The Morgan fingerprint density at radius 3 is 2.42 bits per heavy atom. The Balaban J connectivity index is 1.68. The molecule has 3 rings (SSSR count). The first-order chi connectivity index (χ1) is 14.8. The number of piperazine rings is 1. The third-order valence-corrected chi connectivity index (χ3v) is 5.02. The maximum Gasteiger partial charge on any atom is 0.417 e. The van der Waals surface area contributed by atoms with E-state index in [4.69, 9.17) is 4.74 Å². The van der Waals surface area contributed by atoms with Gasteiger partial charge in [-0.3, -0.25) is 9.69 Å². The number of halogens is 3. The molecule has 1 aliphatic heterocycles. The first-order valence-corrected chi connectivity index (χ1v) is 9.92. The highest BCUT2D eigenvalue weighted by Gasteiger charge is 2.33. The van der Waals surface area contributed by atoms with Crippen molar-refractivity contribution in [2.24, 2.45) is 0 Å². The summed E-state index contributed by atoms with van der Waals surface area (Å²) in [5, 5.41) is 2.49. The quantitative estimate of drug-likeness (QED) is 0.563. The number of rotatable bonds is 6. The molecular formula is C23H24F3N3O2. The summed E-state index contributed by atoms with van der Waals surface area (Å²) in [4.78, 5) is 14.9. The van der Waals surface area contributed by atoms with E-state index in [0.717, 1.165) is 32.2 Å². The van der Waals surface area contributed by atoms with Gasteiger partial charge in [0.25, 0.3) is 0 Å². The molecule has 0 spiro atoms. The highest BCUT2D eigenvalue weighted by Crippen LogP contribution is 2.34. The largest absolute Gasteiger partial charge is 0.492 e. The van der Waals surface area contributed by atoms with Gasteiger partial charge in [-0.1, -0.05) is 11.8 Å². The van der Waals surface area contributed by atoms with Crippen molar-refractivity contribution in [2.75, 3.05) is 51.7 Å². The topological polar surface area (TPSA) is 44.8 Å². The molecule has 2 aromatic carbocycles. The van der Waals surface area contributed by atoms with E-state index in [1.807, 2.05) is 0 Å². The Morgan fingerprint density at radius 1 is 1.06 bits per heavy atom. The van der Waals surface area contributed by atoms with Crippen molar-refractivity contribution in [2.45, 2.75) is 6.18 Å². The standard InChI is InChI=1S/C23H24F3N3O2/c1-28-10-12-29(13-11-28)14-15-31-21-9-6-19(22(16-21)23(24,25)26)5-2-18-3-7-20(8-4-18)27-17-30/h3-4,6-9,16-17H,10-15H2,1H3,(H,27,30). The molecule has 0 atom stereocenters. The Labute approximate surface area is 179 Å². The number of likely N-dealkylation sites (N-methyl/N-ethyl adjacent to an activating group) is 1. The molecule has 1 heterocycles. The minimum absolute atomic E-state index is 0.117. The molecular weight excluding hydrogens is 407 g/mol. The lowest BCUT2D eigenvalue weighted by atomic mass is 10.1. The summed E-state index contributed by atoms with van der Waals surface area (Å²) in [7, 11) is 2.07. The van der Waals surface area contributed by atoms with Crippen LogP contribution in [-0.2, 0) is 11.0 Å². The van der Waals surface area contributed by atoms with Gasteiger partial charge in [-0.15, -0.1) is 0 Å². The first-order valence-electron chi connectivity index (χ1n) is 9.92. The number of carbonyl (C=O) groups is 1. The van der Waals surface area contributed by atoms with E-state index in [9.17, 15) is 18.0 Å². The number of hydrogen-bond acceptors (Lipinski definition) is 4. The number of anilines is 1. The number of ether oxygens (including phenoxy) is 1. The number of nitrogens with zero attached hydrogens (tertiary/aromatic N) is 2.